The van der Waals surface area contributed by atoms with Gasteiger partial charge in [0.1, 0.15) is 0 Å². The second-order valence-corrected chi connectivity index (χ2v) is 4.41. The van der Waals surface area contributed by atoms with Crippen molar-refractivity contribution in [3.63, 3.8) is 0 Å². The topological polar surface area (TPSA) is 38.0 Å². The van der Waals surface area contributed by atoms with E-state index in [1.807, 2.05) is 0 Å². The lowest BCUT2D eigenvalue weighted by Gasteiger charge is -2.31. The van der Waals surface area contributed by atoms with Crippen LogP contribution in [0.5, 0.6) is 0 Å². The largest absolute Gasteiger partial charge is 0.330 e. The predicted molar refractivity (Wildman–Crippen MR) is 56.8 cm³/mol. The lowest BCUT2D eigenvalue weighted by molar-refractivity contribution is 0.291. The van der Waals surface area contributed by atoms with Crippen LogP contribution in [0, 0.1) is 5.92 Å². The minimum atomic E-state index is 0.505. The average Bonchev–Trinajstić information content (AvgIpc) is 2.70. The zero-order chi connectivity index (χ0) is 9.10. The van der Waals surface area contributed by atoms with Crippen LogP contribution in [0.1, 0.15) is 24.4 Å². The van der Waals surface area contributed by atoms with Gasteiger partial charge in [0, 0.05) is 6.04 Å². The first-order valence-corrected chi connectivity index (χ1v) is 5.81. The Bertz CT molecular complexity index is 245. The smallest absolute Gasteiger partial charge is 0.0369 e. The number of nitrogens with two attached hydrogens (primary N) is 1. The third-order valence-corrected chi connectivity index (χ3v) is 3.49. The molecule has 1 aliphatic heterocycles. The van der Waals surface area contributed by atoms with Gasteiger partial charge in [-0.2, -0.15) is 11.3 Å². The summed E-state index contributed by atoms with van der Waals surface area (Å²) in [6.07, 6.45) is 2.53. The summed E-state index contributed by atoms with van der Waals surface area (Å²) in [5.41, 5.74) is 7.18. The van der Waals surface area contributed by atoms with Gasteiger partial charge in [0.25, 0.3) is 0 Å². The number of hydrogen-bond donors (Lipinski definition) is 2. The summed E-state index contributed by atoms with van der Waals surface area (Å²) in [7, 11) is 0. The van der Waals surface area contributed by atoms with Crippen LogP contribution < -0.4 is 11.1 Å². The molecule has 0 amide bonds. The minimum absolute atomic E-state index is 0.505. The van der Waals surface area contributed by atoms with Crippen LogP contribution in [-0.4, -0.2) is 13.1 Å². The molecule has 1 aromatic heterocycles. The van der Waals surface area contributed by atoms with Crippen molar-refractivity contribution >= 4 is 11.3 Å². The van der Waals surface area contributed by atoms with Crippen LogP contribution in [0.15, 0.2) is 16.8 Å². The van der Waals surface area contributed by atoms with Crippen LogP contribution in [0.2, 0.25) is 0 Å². The Morgan fingerprint density at radius 1 is 1.62 bits per heavy atom. The Kier molecular flexibility index (Phi) is 2.98. The number of thiophene rings is 1. The molecule has 1 aromatic rings. The molecule has 0 spiro atoms. The summed E-state index contributed by atoms with van der Waals surface area (Å²) in [4.78, 5) is 0. The molecule has 2 nitrogen and oxygen atoms in total. The average molecular weight is 196 g/mol. The molecule has 2 rings (SSSR count). The summed E-state index contributed by atoms with van der Waals surface area (Å²) >= 11 is 1.76. The number of rotatable bonds is 2. The third kappa shape index (κ3) is 1.93. The second-order valence-electron chi connectivity index (χ2n) is 3.63. The molecule has 0 radical (unpaired) electrons. The van der Waals surface area contributed by atoms with E-state index in [2.05, 4.69) is 22.1 Å². The fourth-order valence-corrected chi connectivity index (χ4v) is 2.75. The zero-order valence-corrected chi connectivity index (χ0v) is 8.52. The van der Waals surface area contributed by atoms with Crippen molar-refractivity contribution in [3.05, 3.63) is 22.4 Å². The normalized spacial score (nSPS) is 29.0. The summed E-state index contributed by atoms with van der Waals surface area (Å²) in [6, 6.07) is 2.71. The molecule has 3 heteroatoms. The van der Waals surface area contributed by atoms with Gasteiger partial charge in [0.2, 0.25) is 0 Å². The van der Waals surface area contributed by atoms with Crippen molar-refractivity contribution in [2.24, 2.45) is 11.7 Å². The van der Waals surface area contributed by atoms with E-state index in [1.54, 1.807) is 11.3 Å². The fourth-order valence-electron chi connectivity index (χ4n) is 2.05. The first-order chi connectivity index (χ1) is 6.42. The highest BCUT2D eigenvalue weighted by atomic mass is 32.1. The van der Waals surface area contributed by atoms with Crippen LogP contribution >= 0.6 is 11.3 Å². The number of nitrogens with one attached hydrogen (secondary N) is 1. The third-order valence-electron chi connectivity index (χ3n) is 2.79. The molecular formula is C10H16N2S. The first kappa shape index (κ1) is 9.19. The molecule has 0 aromatic carbocycles. The molecule has 0 aliphatic carbocycles. The van der Waals surface area contributed by atoms with E-state index >= 15 is 0 Å². The van der Waals surface area contributed by atoms with Gasteiger partial charge in [-0.15, -0.1) is 0 Å². The van der Waals surface area contributed by atoms with Gasteiger partial charge in [-0.05, 0) is 54.2 Å². The lowest BCUT2D eigenvalue weighted by Crippen LogP contribution is -2.37. The van der Waals surface area contributed by atoms with E-state index < -0.39 is 0 Å². The maximum atomic E-state index is 5.76. The molecule has 2 heterocycles. The number of piperidine rings is 1. The van der Waals surface area contributed by atoms with E-state index in [0.717, 1.165) is 13.1 Å². The molecular weight excluding hydrogens is 180 g/mol. The van der Waals surface area contributed by atoms with Crippen molar-refractivity contribution < 1.29 is 0 Å². The molecule has 3 N–H and O–H groups in total. The Labute approximate surface area is 83.1 Å². The van der Waals surface area contributed by atoms with Gasteiger partial charge >= 0.3 is 0 Å². The van der Waals surface area contributed by atoms with E-state index in [-0.39, 0.29) is 0 Å². The molecule has 2 atom stereocenters. The quantitative estimate of drug-likeness (QED) is 0.756. The highest BCUT2D eigenvalue weighted by Gasteiger charge is 2.24. The van der Waals surface area contributed by atoms with E-state index in [0.29, 0.717) is 12.0 Å². The van der Waals surface area contributed by atoms with Gasteiger partial charge in [-0.1, -0.05) is 0 Å². The molecule has 0 saturated carbocycles. The van der Waals surface area contributed by atoms with Crippen molar-refractivity contribution in [1.29, 1.82) is 0 Å². The highest BCUT2D eigenvalue weighted by molar-refractivity contribution is 7.07. The Hall–Kier alpha value is -0.380. The molecule has 2 unspecified atom stereocenters. The molecule has 13 heavy (non-hydrogen) atoms. The van der Waals surface area contributed by atoms with Gasteiger partial charge < -0.3 is 11.1 Å². The Morgan fingerprint density at radius 3 is 3.23 bits per heavy atom. The van der Waals surface area contributed by atoms with Crippen LogP contribution in [0.25, 0.3) is 0 Å². The zero-order valence-electron chi connectivity index (χ0n) is 7.70. The summed E-state index contributed by atoms with van der Waals surface area (Å²) in [6.45, 7) is 1.94. The Morgan fingerprint density at radius 2 is 2.54 bits per heavy atom. The van der Waals surface area contributed by atoms with E-state index in [9.17, 15) is 0 Å². The molecule has 1 fully saturated rings. The van der Waals surface area contributed by atoms with Gasteiger partial charge in [0.15, 0.2) is 0 Å². The highest BCUT2D eigenvalue weighted by Crippen LogP contribution is 2.29. The lowest BCUT2D eigenvalue weighted by atomic mass is 9.87. The minimum Gasteiger partial charge on any atom is -0.330 e. The molecule has 1 aliphatic rings. The van der Waals surface area contributed by atoms with Crippen molar-refractivity contribution in [1.82, 2.24) is 5.32 Å². The van der Waals surface area contributed by atoms with Gasteiger partial charge in [-0.25, -0.2) is 0 Å². The summed E-state index contributed by atoms with van der Waals surface area (Å²) in [5, 5.41) is 7.92. The predicted octanol–water partition coefficient (Wildman–Crippen LogP) is 1.75. The van der Waals surface area contributed by atoms with Crippen LogP contribution in [-0.2, 0) is 0 Å². The van der Waals surface area contributed by atoms with E-state index in [1.165, 1.54) is 18.4 Å². The Balaban J connectivity index is 2.11. The SMILES string of the molecule is NCC1CCCNC1c1ccsc1. The van der Waals surface area contributed by atoms with Crippen LogP contribution in [0.3, 0.4) is 0 Å². The van der Waals surface area contributed by atoms with Gasteiger partial charge in [0.05, 0.1) is 0 Å². The van der Waals surface area contributed by atoms with Crippen molar-refractivity contribution in [2.75, 3.05) is 13.1 Å². The maximum absolute atomic E-state index is 5.76. The number of hydrogen-bond acceptors (Lipinski definition) is 3. The summed E-state index contributed by atoms with van der Waals surface area (Å²) in [5.74, 6) is 0.628. The molecule has 0 bridgehead atoms. The van der Waals surface area contributed by atoms with Crippen LogP contribution in [0.4, 0.5) is 0 Å². The van der Waals surface area contributed by atoms with Crippen molar-refractivity contribution in [3.8, 4) is 0 Å². The maximum Gasteiger partial charge on any atom is 0.0369 e. The summed E-state index contributed by atoms with van der Waals surface area (Å²) < 4.78 is 0. The monoisotopic (exact) mass is 196 g/mol. The first-order valence-electron chi connectivity index (χ1n) is 4.87. The van der Waals surface area contributed by atoms with Crippen molar-refractivity contribution in [2.45, 2.75) is 18.9 Å². The standard InChI is InChI=1S/C10H16N2S/c11-6-8-2-1-4-12-10(8)9-3-5-13-7-9/h3,5,7-8,10,12H,1-2,4,6,11H2. The second kappa shape index (κ2) is 4.22. The molecule has 1 saturated heterocycles. The fraction of sp³-hybridized carbons (Fsp3) is 0.600. The molecule has 72 valence electrons. The van der Waals surface area contributed by atoms with Gasteiger partial charge in [-0.3, -0.25) is 0 Å². The van der Waals surface area contributed by atoms with E-state index in [4.69, 9.17) is 5.73 Å².